The Bertz CT molecular complexity index is 651. The number of nitriles is 1. The Balaban J connectivity index is 1.80. The molecular weight excluding hydrogens is 274 g/mol. The molecule has 0 radical (unpaired) electrons. The summed E-state index contributed by atoms with van der Waals surface area (Å²) in [5, 5.41) is 12.1. The first kappa shape index (κ1) is 13.6. The third-order valence-corrected chi connectivity index (χ3v) is 6.02. The Kier molecular flexibility index (Phi) is 3.50. The highest BCUT2D eigenvalue weighted by Gasteiger charge is 2.43. The molecule has 2 aliphatic rings. The van der Waals surface area contributed by atoms with Crippen molar-refractivity contribution >= 4 is 10.0 Å². The minimum absolute atomic E-state index is 0.0221. The molecule has 2 aliphatic heterocycles. The summed E-state index contributed by atoms with van der Waals surface area (Å²) in [6.45, 7) is 2.29. The van der Waals surface area contributed by atoms with Crippen LogP contribution in [0.15, 0.2) is 24.3 Å². The average Bonchev–Trinajstić information content (AvgIpc) is 3.00. The van der Waals surface area contributed by atoms with E-state index in [4.69, 9.17) is 5.26 Å². The molecule has 2 heterocycles. The number of benzene rings is 1. The molecule has 2 atom stereocenters. The van der Waals surface area contributed by atoms with Gasteiger partial charge in [0, 0.05) is 19.1 Å². The van der Waals surface area contributed by atoms with Crippen LogP contribution in [0, 0.1) is 17.2 Å². The molecule has 1 aromatic carbocycles. The highest BCUT2D eigenvalue weighted by Crippen LogP contribution is 2.30. The number of rotatable bonds is 3. The van der Waals surface area contributed by atoms with Gasteiger partial charge in [-0.3, -0.25) is 0 Å². The van der Waals surface area contributed by atoms with Crippen LogP contribution in [-0.4, -0.2) is 38.4 Å². The molecule has 106 valence electrons. The molecule has 0 saturated carbocycles. The van der Waals surface area contributed by atoms with Gasteiger partial charge in [-0.05, 0) is 36.6 Å². The molecule has 0 amide bonds. The lowest BCUT2D eigenvalue weighted by Crippen LogP contribution is -2.39. The van der Waals surface area contributed by atoms with Crippen LogP contribution in [0.25, 0.3) is 0 Å². The molecule has 0 spiro atoms. The fourth-order valence-corrected chi connectivity index (χ4v) is 4.99. The van der Waals surface area contributed by atoms with E-state index in [0.717, 1.165) is 19.5 Å². The van der Waals surface area contributed by atoms with Gasteiger partial charge in [-0.1, -0.05) is 12.1 Å². The Hall–Kier alpha value is -1.42. The van der Waals surface area contributed by atoms with Crippen molar-refractivity contribution in [1.82, 2.24) is 9.62 Å². The number of hydrogen-bond donors (Lipinski definition) is 1. The van der Waals surface area contributed by atoms with E-state index in [-0.39, 0.29) is 11.8 Å². The lowest BCUT2D eigenvalue weighted by Gasteiger charge is -2.22. The summed E-state index contributed by atoms with van der Waals surface area (Å²) in [7, 11) is -3.31. The second-order valence-corrected chi connectivity index (χ2v) is 7.37. The van der Waals surface area contributed by atoms with E-state index in [1.807, 2.05) is 6.07 Å². The zero-order valence-electron chi connectivity index (χ0n) is 11.1. The maximum atomic E-state index is 12.6. The van der Waals surface area contributed by atoms with E-state index in [9.17, 15) is 8.42 Å². The van der Waals surface area contributed by atoms with Crippen molar-refractivity contribution < 1.29 is 8.42 Å². The van der Waals surface area contributed by atoms with Gasteiger partial charge in [-0.2, -0.15) is 9.57 Å². The maximum Gasteiger partial charge on any atom is 0.218 e. The summed E-state index contributed by atoms with van der Waals surface area (Å²) in [5.74, 6) is 0.432. The van der Waals surface area contributed by atoms with E-state index in [0.29, 0.717) is 23.6 Å². The summed E-state index contributed by atoms with van der Waals surface area (Å²) in [4.78, 5) is 0. The molecule has 1 N–H and O–H groups in total. The third kappa shape index (κ3) is 2.44. The average molecular weight is 291 g/mol. The number of nitrogens with one attached hydrogen (secondary N) is 1. The van der Waals surface area contributed by atoms with Gasteiger partial charge in [-0.15, -0.1) is 0 Å². The maximum absolute atomic E-state index is 12.6. The van der Waals surface area contributed by atoms with Gasteiger partial charge >= 0.3 is 0 Å². The van der Waals surface area contributed by atoms with Gasteiger partial charge in [0.2, 0.25) is 10.0 Å². The summed E-state index contributed by atoms with van der Waals surface area (Å²) < 4.78 is 26.8. The normalized spacial score (nSPS) is 26.4. The monoisotopic (exact) mass is 291 g/mol. The molecule has 0 unspecified atom stereocenters. The van der Waals surface area contributed by atoms with Crippen molar-refractivity contribution in [3.05, 3.63) is 35.4 Å². The van der Waals surface area contributed by atoms with Crippen molar-refractivity contribution in [3.8, 4) is 6.07 Å². The predicted octanol–water partition coefficient (Wildman–Crippen LogP) is 0.682. The van der Waals surface area contributed by atoms with Gasteiger partial charge in [0.25, 0.3) is 0 Å². The second-order valence-electron chi connectivity index (χ2n) is 5.45. The molecular formula is C14H17N3O2S. The van der Waals surface area contributed by atoms with Crippen LogP contribution >= 0.6 is 0 Å². The predicted molar refractivity (Wildman–Crippen MR) is 75.3 cm³/mol. The molecule has 0 aromatic heterocycles. The van der Waals surface area contributed by atoms with Gasteiger partial charge in [0.1, 0.15) is 0 Å². The number of nitrogens with zero attached hydrogens (tertiary/aromatic N) is 2. The minimum Gasteiger partial charge on any atom is -0.315 e. The van der Waals surface area contributed by atoms with E-state index in [2.05, 4.69) is 5.32 Å². The van der Waals surface area contributed by atoms with Crippen molar-refractivity contribution in [3.63, 3.8) is 0 Å². The zero-order chi connectivity index (χ0) is 14.2. The molecule has 3 rings (SSSR count). The van der Waals surface area contributed by atoms with Crippen molar-refractivity contribution in [2.24, 2.45) is 5.92 Å². The summed E-state index contributed by atoms with van der Waals surface area (Å²) >= 11 is 0. The van der Waals surface area contributed by atoms with Crippen molar-refractivity contribution in [2.45, 2.75) is 18.2 Å². The van der Waals surface area contributed by atoms with Gasteiger partial charge in [0.15, 0.2) is 0 Å². The highest BCUT2D eigenvalue weighted by atomic mass is 32.2. The molecule has 2 fully saturated rings. The second kappa shape index (κ2) is 5.17. The van der Waals surface area contributed by atoms with Crippen LogP contribution in [0.5, 0.6) is 0 Å². The Morgan fingerprint density at radius 2 is 2.25 bits per heavy atom. The van der Waals surface area contributed by atoms with E-state index in [1.165, 1.54) is 0 Å². The SMILES string of the molecule is N#Cc1cccc(CS(=O)(=O)N2CC[C@H]3CNC[C@H]32)c1. The van der Waals surface area contributed by atoms with Crippen molar-refractivity contribution in [2.75, 3.05) is 19.6 Å². The lowest BCUT2D eigenvalue weighted by atomic mass is 10.1. The smallest absolute Gasteiger partial charge is 0.218 e. The van der Waals surface area contributed by atoms with Crippen LogP contribution in [0.3, 0.4) is 0 Å². The molecule has 5 nitrogen and oxygen atoms in total. The summed E-state index contributed by atoms with van der Waals surface area (Å²) in [6.07, 6.45) is 0.940. The summed E-state index contributed by atoms with van der Waals surface area (Å²) in [5.41, 5.74) is 1.18. The quantitative estimate of drug-likeness (QED) is 0.889. The first-order valence-corrected chi connectivity index (χ1v) is 8.40. The highest BCUT2D eigenvalue weighted by molar-refractivity contribution is 7.88. The number of sulfonamides is 1. The Morgan fingerprint density at radius 3 is 3.05 bits per heavy atom. The van der Waals surface area contributed by atoms with E-state index >= 15 is 0 Å². The van der Waals surface area contributed by atoms with Crippen LogP contribution in [0.4, 0.5) is 0 Å². The summed E-state index contributed by atoms with van der Waals surface area (Å²) in [6, 6.07) is 8.98. The molecule has 20 heavy (non-hydrogen) atoms. The molecule has 0 bridgehead atoms. The van der Waals surface area contributed by atoms with Crippen LogP contribution in [0.2, 0.25) is 0 Å². The number of hydrogen-bond acceptors (Lipinski definition) is 4. The zero-order valence-corrected chi connectivity index (χ0v) is 11.9. The standard InChI is InChI=1S/C14H17N3O2S/c15-7-11-2-1-3-12(6-11)10-20(18,19)17-5-4-13-8-16-9-14(13)17/h1-3,6,13-14,16H,4-5,8-10H2/t13-,14+/m0/s1. The van der Waals surface area contributed by atoms with Gasteiger partial charge in [-0.25, -0.2) is 8.42 Å². The molecule has 1 aromatic rings. The molecule has 2 saturated heterocycles. The van der Waals surface area contributed by atoms with Crippen molar-refractivity contribution in [1.29, 1.82) is 5.26 Å². The van der Waals surface area contributed by atoms with E-state index in [1.54, 1.807) is 28.6 Å². The van der Waals surface area contributed by atoms with Crippen LogP contribution in [0.1, 0.15) is 17.5 Å². The first-order valence-electron chi connectivity index (χ1n) is 6.79. The first-order chi connectivity index (χ1) is 9.60. The largest absolute Gasteiger partial charge is 0.315 e. The Labute approximate surface area is 119 Å². The Morgan fingerprint density at radius 1 is 1.40 bits per heavy atom. The van der Waals surface area contributed by atoms with Gasteiger partial charge in [0.05, 0.1) is 17.4 Å². The third-order valence-electron chi connectivity index (χ3n) is 4.16. The fourth-order valence-electron chi connectivity index (χ4n) is 3.18. The number of fused-ring (bicyclic) bond motifs is 1. The van der Waals surface area contributed by atoms with E-state index < -0.39 is 10.0 Å². The van der Waals surface area contributed by atoms with Crippen LogP contribution in [-0.2, 0) is 15.8 Å². The molecule has 6 heteroatoms. The molecule has 0 aliphatic carbocycles. The minimum atomic E-state index is -3.31. The van der Waals surface area contributed by atoms with Gasteiger partial charge < -0.3 is 5.32 Å². The lowest BCUT2D eigenvalue weighted by molar-refractivity contribution is 0.382. The topological polar surface area (TPSA) is 73.2 Å². The fraction of sp³-hybridized carbons (Fsp3) is 0.500. The van der Waals surface area contributed by atoms with Crippen LogP contribution < -0.4 is 5.32 Å².